The molecule has 0 aliphatic carbocycles. The van der Waals surface area contributed by atoms with Crippen molar-refractivity contribution in [2.24, 2.45) is 0 Å². The molecule has 0 radical (unpaired) electrons. The molecule has 0 heterocycles. The van der Waals surface area contributed by atoms with Crippen LogP contribution in [0, 0.1) is 5.82 Å². The van der Waals surface area contributed by atoms with Crippen molar-refractivity contribution < 1.29 is 9.18 Å². The predicted octanol–water partition coefficient (Wildman–Crippen LogP) is 2.33. The van der Waals surface area contributed by atoms with Gasteiger partial charge in [0.25, 0.3) is 0 Å². The van der Waals surface area contributed by atoms with Crippen molar-refractivity contribution >= 4 is 6.03 Å². The first-order chi connectivity index (χ1) is 7.54. The van der Waals surface area contributed by atoms with Crippen LogP contribution in [0.15, 0.2) is 24.3 Å². The largest absolute Gasteiger partial charge is 0.328 e. The molecule has 0 bridgehead atoms. The SMILES string of the molecule is CCN(C)C(=O)N(C)Cc1ccc(F)cc1. The van der Waals surface area contributed by atoms with Gasteiger partial charge >= 0.3 is 6.03 Å². The Kier molecular flexibility index (Phi) is 4.28. The summed E-state index contributed by atoms with van der Waals surface area (Å²) in [6.45, 7) is 3.08. The maximum absolute atomic E-state index is 12.7. The number of amides is 2. The number of nitrogens with zero attached hydrogens (tertiary/aromatic N) is 2. The number of urea groups is 1. The number of rotatable bonds is 3. The van der Waals surface area contributed by atoms with Gasteiger partial charge in [-0.05, 0) is 24.6 Å². The molecule has 88 valence electrons. The lowest BCUT2D eigenvalue weighted by molar-refractivity contribution is 0.173. The number of carbonyl (C=O) groups excluding carboxylic acids is 1. The molecule has 0 atom stereocenters. The monoisotopic (exact) mass is 224 g/mol. The van der Waals surface area contributed by atoms with E-state index in [9.17, 15) is 9.18 Å². The Bertz CT molecular complexity index is 351. The molecule has 0 aromatic heterocycles. The average Bonchev–Trinajstić information content (AvgIpc) is 2.30. The van der Waals surface area contributed by atoms with Gasteiger partial charge in [-0.2, -0.15) is 0 Å². The zero-order chi connectivity index (χ0) is 12.1. The van der Waals surface area contributed by atoms with Gasteiger partial charge in [0.05, 0.1) is 0 Å². The van der Waals surface area contributed by atoms with Crippen molar-refractivity contribution in [1.82, 2.24) is 9.80 Å². The highest BCUT2D eigenvalue weighted by Gasteiger charge is 2.12. The van der Waals surface area contributed by atoms with E-state index >= 15 is 0 Å². The van der Waals surface area contributed by atoms with Crippen LogP contribution in [0.25, 0.3) is 0 Å². The first-order valence-corrected chi connectivity index (χ1v) is 5.25. The van der Waals surface area contributed by atoms with E-state index in [1.54, 1.807) is 36.0 Å². The zero-order valence-electron chi connectivity index (χ0n) is 9.90. The third-order valence-electron chi connectivity index (χ3n) is 2.46. The molecule has 1 aromatic rings. The van der Waals surface area contributed by atoms with E-state index in [1.165, 1.54) is 12.1 Å². The van der Waals surface area contributed by atoms with Crippen molar-refractivity contribution in [3.05, 3.63) is 35.6 Å². The Hall–Kier alpha value is -1.58. The second-order valence-electron chi connectivity index (χ2n) is 3.78. The summed E-state index contributed by atoms with van der Waals surface area (Å²) in [5.74, 6) is -0.261. The van der Waals surface area contributed by atoms with Crippen LogP contribution in [0.3, 0.4) is 0 Å². The lowest BCUT2D eigenvalue weighted by Gasteiger charge is -2.23. The van der Waals surface area contributed by atoms with Gasteiger partial charge in [0.1, 0.15) is 5.82 Å². The van der Waals surface area contributed by atoms with E-state index in [4.69, 9.17) is 0 Å². The van der Waals surface area contributed by atoms with Crippen LogP contribution in [0.5, 0.6) is 0 Å². The molecule has 0 saturated heterocycles. The molecule has 0 spiro atoms. The topological polar surface area (TPSA) is 23.6 Å². The molecule has 4 heteroatoms. The molecule has 2 amide bonds. The third kappa shape index (κ3) is 3.22. The van der Waals surface area contributed by atoms with E-state index < -0.39 is 0 Å². The second kappa shape index (κ2) is 5.49. The van der Waals surface area contributed by atoms with E-state index in [2.05, 4.69) is 0 Å². The van der Waals surface area contributed by atoms with E-state index in [1.807, 2.05) is 6.92 Å². The van der Waals surface area contributed by atoms with Crippen LogP contribution < -0.4 is 0 Å². The molecule has 3 nitrogen and oxygen atoms in total. The van der Waals surface area contributed by atoms with E-state index in [0.29, 0.717) is 13.1 Å². The van der Waals surface area contributed by atoms with Crippen molar-refractivity contribution in [3.8, 4) is 0 Å². The van der Waals surface area contributed by atoms with Crippen molar-refractivity contribution in [1.29, 1.82) is 0 Å². The molecule has 1 rings (SSSR count). The number of hydrogen-bond donors (Lipinski definition) is 0. The second-order valence-corrected chi connectivity index (χ2v) is 3.78. The first kappa shape index (κ1) is 12.5. The smallest absolute Gasteiger partial charge is 0.319 e. The standard InChI is InChI=1S/C12H17FN2O/c1-4-14(2)12(16)15(3)9-10-5-7-11(13)8-6-10/h5-8H,4,9H2,1-3H3. The summed E-state index contributed by atoms with van der Waals surface area (Å²) in [4.78, 5) is 15.0. The fourth-order valence-corrected chi connectivity index (χ4v) is 1.36. The molecule has 0 aliphatic heterocycles. The van der Waals surface area contributed by atoms with Crippen molar-refractivity contribution in [2.45, 2.75) is 13.5 Å². The van der Waals surface area contributed by atoms with Crippen LogP contribution >= 0.6 is 0 Å². The van der Waals surface area contributed by atoms with Crippen LogP contribution in [0.4, 0.5) is 9.18 Å². The molecule has 1 aromatic carbocycles. The summed E-state index contributed by atoms with van der Waals surface area (Å²) in [7, 11) is 3.49. The van der Waals surface area contributed by atoms with Crippen molar-refractivity contribution in [2.75, 3.05) is 20.6 Å². The average molecular weight is 224 g/mol. The predicted molar refractivity (Wildman–Crippen MR) is 61.6 cm³/mol. The minimum atomic E-state index is -0.261. The highest BCUT2D eigenvalue weighted by Crippen LogP contribution is 2.06. The summed E-state index contributed by atoms with van der Waals surface area (Å²) in [5.41, 5.74) is 0.918. The lowest BCUT2D eigenvalue weighted by Crippen LogP contribution is -2.38. The van der Waals surface area contributed by atoms with E-state index in [0.717, 1.165) is 5.56 Å². The molecule has 0 unspecified atom stereocenters. The number of carbonyl (C=O) groups is 1. The third-order valence-corrected chi connectivity index (χ3v) is 2.46. The molecule has 0 fully saturated rings. The molecule has 0 aliphatic rings. The maximum Gasteiger partial charge on any atom is 0.319 e. The van der Waals surface area contributed by atoms with Crippen LogP contribution in [0.2, 0.25) is 0 Å². The summed E-state index contributed by atoms with van der Waals surface area (Å²) >= 11 is 0. The normalized spacial score (nSPS) is 10.0. The Morgan fingerprint density at radius 2 is 1.75 bits per heavy atom. The zero-order valence-corrected chi connectivity index (χ0v) is 9.90. The van der Waals surface area contributed by atoms with Gasteiger partial charge in [-0.1, -0.05) is 12.1 Å². The highest BCUT2D eigenvalue weighted by molar-refractivity contribution is 5.73. The molecular formula is C12H17FN2O. The summed E-state index contributed by atoms with van der Waals surface area (Å²) in [6, 6.07) is 6.14. The van der Waals surface area contributed by atoms with Gasteiger partial charge in [-0.25, -0.2) is 9.18 Å². The van der Waals surface area contributed by atoms with Crippen LogP contribution in [0.1, 0.15) is 12.5 Å². The first-order valence-electron chi connectivity index (χ1n) is 5.25. The summed E-state index contributed by atoms with van der Waals surface area (Å²) in [6.07, 6.45) is 0. The van der Waals surface area contributed by atoms with Gasteiger partial charge in [-0.15, -0.1) is 0 Å². The fourth-order valence-electron chi connectivity index (χ4n) is 1.36. The molecular weight excluding hydrogens is 207 g/mol. The van der Waals surface area contributed by atoms with Gasteiger partial charge in [0.15, 0.2) is 0 Å². The Morgan fingerprint density at radius 3 is 2.25 bits per heavy atom. The fraction of sp³-hybridized carbons (Fsp3) is 0.417. The summed E-state index contributed by atoms with van der Waals surface area (Å²) in [5, 5.41) is 0. The minimum Gasteiger partial charge on any atom is -0.328 e. The number of hydrogen-bond acceptors (Lipinski definition) is 1. The van der Waals surface area contributed by atoms with Gasteiger partial charge in [-0.3, -0.25) is 0 Å². The minimum absolute atomic E-state index is 0.0353. The van der Waals surface area contributed by atoms with Crippen molar-refractivity contribution in [3.63, 3.8) is 0 Å². The van der Waals surface area contributed by atoms with Gasteiger partial charge in [0.2, 0.25) is 0 Å². The Labute approximate surface area is 95.5 Å². The molecule has 0 saturated carbocycles. The number of benzene rings is 1. The molecule has 0 N–H and O–H groups in total. The van der Waals surface area contributed by atoms with E-state index in [-0.39, 0.29) is 11.8 Å². The highest BCUT2D eigenvalue weighted by atomic mass is 19.1. The van der Waals surface area contributed by atoms with Gasteiger partial charge in [0, 0.05) is 27.2 Å². The summed E-state index contributed by atoms with van der Waals surface area (Å²) < 4.78 is 12.7. The van der Waals surface area contributed by atoms with Crippen LogP contribution in [-0.2, 0) is 6.54 Å². The Balaban J connectivity index is 2.60. The van der Waals surface area contributed by atoms with Gasteiger partial charge < -0.3 is 9.80 Å². The number of halogens is 1. The lowest BCUT2D eigenvalue weighted by atomic mass is 10.2. The molecule has 16 heavy (non-hydrogen) atoms. The van der Waals surface area contributed by atoms with Crippen LogP contribution in [-0.4, -0.2) is 36.5 Å². The quantitative estimate of drug-likeness (QED) is 0.773. The Morgan fingerprint density at radius 1 is 1.19 bits per heavy atom. The maximum atomic E-state index is 12.7.